The van der Waals surface area contributed by atoms with Crippen molar-refractivity contribution >= 4 is 15.7 Å². The van der Waals surface area contributed by atoms with Crippen LogP contribution >= 0.6 is 0 Å². The molecule has 23 heavy (non-hydrogen) atoms. The lowest BCUT2D eigenvalue weighted by Gasteiger charge is -2.07. The first kappa shape index (κ1) is 15.7. The number of nitrogens with one attached hydrogen (secondary N) is 1. The highest BCUT2D eigenvalue weighted by molar-refractivity contribution is 7.91. The minimum atomic E-state index is -2.97. The number of carbonyl (C=O) groups excluding carboxylic acids is 1. The van der Waals surface area contributed by atoms with Crippen LogP contribution in [0.1, 0.15) is 16.9 Å². The number of rotatable bonds is 4. The van der Waals surface area contributed by atoms with E-state index in [1.807, 2.05) is 0 Å². The number of hydrogen-bond donors (Lipinski definition) is 1. The largest absolute Gasteiger partial charge is 0.355 e. The van der Waals surface area contributed by atoms with Crippen LogP contribution in [0, 0.1) is 11.7 Å². The molecule has 0 aliphatic carbocycles. The molecule has 122 valence electrons. The third kappa shape index (κ3) is 3.58. The molecule has 1 aromatic carbocycles. The van der Waals surface area contributed by atoms with Crippen LogP contribution in [0.25, 0.3) is 11.3 Å². The molecule has 8 heteroatoms. The highest BCUT2D eigenvalue weighted by Gasteiger charge is 2.28. The molecule has 1 aliphatic heterocycles. The summed E-state index contributed by atoms with van der Waals surface area (Å²) in [5, 5.41) is 6.27. The first-order valence-electron chi connectivity index (χ1n) is 7.15. The van der Waals surface area contributed by atoms with E-state index in [4.69, 9.17) is 4.52 Å². The van der Waals surface area contributed by atoms with Gasteiger partial charge in [0.25, 0.3) is 5.91 Å². The standard InChI is InChI=1S/C15H15FN2O4S/c16-12-4-2-1-3-11(12)14-7-13(18-22-14)15(19)17-8-10-5-6-23(20,21)9-10/h1-4,7,10H,5-6,8-9H2,(H,17,19)/t10-/m0/s1. The summed E-state index contributed by atoms with van der Waals surface area (Å²) in [5.74, 6) is -0.604. The Balaban J connectivity index is 1.64. The Morgan fingerprint density at radius 2 is 2.17 bits per heavy atom. The van der Waals surface area contributed by atoms with Crippen molar-refractivity contribution in [2.45, 2.75) is 6.42 Å². The van der Waals surface area contributed by atoms with Gasteiger partial charge >= 0.3 is 0 Å². The lowest BCUT2D eigenvalue weighted by Crippen LogP contribution is -2.30. The molecule has 1 amide bonds. The molecule has 1 aromatic heterocycles. The van der Waals surface area contributed by atoms with Gasteiger partial charge in [0.15, 0.2) is 21.3 Å². The number of nitrogens with zero attached hydrogens (tertiary/aromatic N) is 1. The maximum Gasteiger partial charge on any atom is 0.273 e. The van der Waals surface area contributed by atoms with E-state index in [2.05, 4.69) is 10.5 Å². The van der Waals surface area contributed by atoms with Gasteiger partial charge in [0.2, 0.25) is 0 Å². The van der Waals surface area contributed by atoms with Crippen molar-refractivity contribution in [3.63, 3.8) is 0 Å². The van der Waals surface area contributed by atoms with Gasteiger partial charge in [-0.25, -0.2) is 12.8 Å². The van der Waals surface area contributed by atoms with Gasteiger partial charge in [-0.05, 0) is 24.5 Å². The van der Waals surface area contributed by atoms with Crippen molar-refractivity contribution in [2.24, 2.45) is 5.92 Å². The van der Waals surface area contributed by atoms with Gasteiger partial charge in [-0.2, -0.15) is 0 Å². The third-order valence-electron chi connectivity index (χ3n) is 3.76. The molecule has 3 rings (SSSR count). The molecular formula is C15H15FN2O4S. The number of sulfone groups is 1. The lowest BCUT2D eigenvalue weighted by atomic mass is 10.1. The number of halogens is 1. The molecule has 0 spiro atoms. The van der Waals surface area contributed by atoms with Gasteiger partial charge in [-0.15, -0.1) is 0 Å². The molecule has 6 nitrogen and oxygen atoms in total. The summed E-state index contributed by atoms with van der Waals surface area (Å²) in [6.45, 7) is 0.264. The van der Waals surface area contributed by atoms with Gasteiger partial charge in [-0.3, -0.25) is 4.79 Å². The van der Waals surface area contributed by atoms with E-state index >= 15 is 0 Å². The van der Waals surface area contributed by atoms with Crippen molar-refractivity contribution in [3.8, 4) is 11.3 Å². The first-order valence-corrected chi connectivity index (χ1v) is 8.97. The summed E-state index contributed by atoms with van der Waals surface area (Å²) in [6.07, 6.45) is 0.544. The average molecular weight is 338 g/mol. The van der Waals surface area contributed by atoms with Crippen molar-refractivity contribution in [1.82, 2.24) is 10.5 Å². The maximum atomic E-state index is 13.7. The Labute approximate surface area is 132 Å². The van der Waals surface area contributed by atoms with Gasteiger partial charge < -0.3 is 9.84 Å². The molecule has 0 radical (unpaired) electrons. The highest BCUT2D eigenvalue weighted by Crippen LogP contribution is 2.23. The topological polar surface area (TPSA) is 89.3 Å². The molecule has 1 atom stereocenters. The molecule has 0 saturated carbocycles. The van der Waals surface area contributed by atoms with Crippen molar-refractivity contribution < 1.29 is 22.1 Å². The molecule has 0 unspecified atom stereocenters. The van der Waals surface area contributed by atoms with Gasteiger partial charge in [-0.1, -0.05) is 17.3 Å². The summed E-state index contributed by atoms with van der Waals surface area (Å²) < 4.78 is 41.4. The zero-order valence-corrected chi connectivity index (χ0v) is 13.0. The highest BCUT2D eigenvalue weighted by atomic mass is 32.2. The van der Waals surface area contributed by atoms with Crippen LogP contribution in [0.5, 0.6) is 0 Å². The van der Waals surface area contributed by atoms with E-state index in [0.29, 0.717) is 6.42 Å². The second-order valence-corrected chi connectivity index (χ2v) is 7.76. The van der Waals surface area contributed by atoms with Crippen LogP contribution in [0.15, 0.2) is 34.9 Å². The second kappa shape index (κ2) is 6.11. The molecule has 2 heterocycles. The Hall–Kier alpha value is -2.22. The van der Waals surface area contributed by atoms with Gasteiger partial charge in [0.1, 0.15) is 5.82 Å². The molecular weight excluding hydrogens is 323 g/mol. The van der Waals surface area contributed by atoms with Crippen LogP contribution in [0.3, 0.4) is 0 Å². The summed E-state index contributed by atoms with van der Waals surface area (Å²) in [4.78, 5) is 12.0. The quantitative estimate of drug-likeness (QED) is 0.915. The van der Waals surface area contributed by atoms with Crippen LogP contribution in [0.2, 0.25) is 0 Å². The van der Waals surface area contributed by atoms with E-state index in [-0.39, 0.29) is 41.0 Å². The zero-order valence-electron chi connectivity index (χ0n) is 12.2. The second-order valence-electron chi connectivity index (χ2n) is 5.54. The normalized spacial score (nSPS) is 19.6. The van der Waals surface area contributed by atoms with Crippen LogP contribution < -0.4 is 5.32 Å². The number of carbonyl (C=O) groups is 1. The Morgan fingerprint density at radius 3 is 2.87 bits per heavy atom. The summed E-state index contributed by atoms with van der Waals surface area (Å²) >= 11 is 0. The van der Waals surface area contributed by atoms with Crippen molar-refractivity contribution in [3.05, 3.63) is 41.8 Å². The van der Waals surface area contributed by atoms with E-state index in [1.165, 1.54) is 18.2 Å². The van der Waals surface area contributed by atoms with E-state index in [0.717, 1.165) is 0 Å². The van der Waals surface area contributed by atoms with Crippen LogP contribution in [0.4, 0.5) is 4.39 Å². The Morgan fingerprint density at radius 1 is 1.39 bits per heavy atom. The fourth-order valence-electron chi connectivity index (χ4n) is 2.53. The fraction of sp³-hybridized carbons (Fsp3) is 0.333. The summed E-state index contributed by atoms with van der Waals surface area (Å²) in [7, 11) is -2.97. The number of amides is 1. The lowest BCUT2D eigenvalue weighted by molar-refractivity contribution is 0.0939. The molecule has 1 saturated heterocycles. The minimum absolute atomic E-state index is 0.0316. The molecule has 1 aliphatic rings. The monoisotopic (exact) mass is 338 g/mol. The fourth-order valence-corrected chi connectivity index (χ4v) is 4.39. The number of hydrogen-bond acceptors (Lipinski definition) is 5. The zero-order chi connectivity index (χ0) is 16.4. The molecule has 0 bridgehead atoms. The third-order valence-corrected chi connectivity index (χ3v) is 5.60. The predicted octanol–water partition coefficient (Wildman–Crippen LogP) is 1.65. The van der Waals surface area contributed by atoms with Crippen LogP contribution in [-0.4, -0.2) is 37.5 Å². The molecule has 1 fully saturated rings. The smallest absolute Gasteiger partial charge is 0.273 e. The summed E-state index contributed by atoms with van der Waals surface area (Å²) in [5.41, 5.74) is 0.255. The van der Waals surface area contributed by atoms with Crippen molar-refractivity contribution in [2.75, 3.05) is 18.1 Å². The number of aromatic nitrogens is 1. The van der Waals surface area contributed by atoms with Crippen molar-refractivity contribution in [1.29, 1.82) is 0 Å². The first-order chi connectivity index (χ1) is 10.9. The molecule has 2 aromatic rings. The summed E-state index contributed by atoms with van der Waals surface area (Å²) in [6, 6.07) is 7.39. The van der Waals surface area contributed by atoms with E-state index in [9.17, 15) is 17.6 Å². The predicted molar refractivity (Wildman–Crippen MR) is 81.0 cm³/mol. The van der Waals surface area contributed by atoms with Gasteiger partial charge in [0, 0.05) is 12.6 Å². The Kier molecular flexibility index (Phi) is 4.16. The average Bonchev–Trinajstić information content (AvgIpc) is 3.12. The van der Waals surface area contributed by atoms with Gasteiger partial charge in [0.05, 0.1) is 17.1 Å². The SMILES string of the molecule is O=C(NC[C@@H]1CCS(=O)(=O)C1)c1cc(-c2ccccc2F)on1. The van der Waals surface area contributed by atoms with E-state index in [1.54, 1.807) is 12.1 Å². The Bertz CT molecular complexity index is 832. The minimum Gasteiger partial charge on any atom is -0.355 e. The van der Waals surface area contributed by atoms with E-state index < -0.39 is 21.6 Å². The number of benzene rings is 1. The van der Waals surface area contributed by atoms with Crippen LogP contribution in [-0.2, 0) is 9.84 Å². The molecule has 1 N–H and O–H groups in total. The maximum absolute atomic E-state index is 13.7.